The van der Waals surface area contributed by atoms with Gasteiger partial charge in [0, 0.05) is 4.47 Å². The van der Waals surface area contributed by atoms with Crippen molar-refractivity contribution >= 4 is 27.6 Å². The summed E-state index contributed by atoms with van der Waals surface area (Å²) in [5.41, 5.74) is 2.05. The van der Waals surface area contributed by atoms with E-state index in [1.807, 2.05) is 32.2 Å². The fraction of sp³-hybridized carbons (Fsp3) is 0.273. The van der Waals surface area contributed by atoms with Crippen LogP contribution in [0.4, 0.5) is 11.7 Å². The van der Waals surface area contributed by atoms with E-state index in [9.17, 15) is 0 Å². The van der Waals surface area contributed by atoms with Crippen molar-refractivity contribution in [3.8, 4) is 0 Å². The zero-order chi connectivity index (χ0) is 12.3. The van der Waals surface area contributed by atoms with Crippen molar-refractivity contribution in [3.05, 3.63) is 34.1 Å². The predicted molar refractivity (Wildman–Crippen MR) is 69.2 cm³/mol. The molecule has 0 aliphatic rings. The van der Waals surface area contributed by atoms with E-state index in [0.29, 0.717) is 18.5 Å². The molecular formula is C11H13BrN4O. The molecule has 0 aliphatic heterocycles. The standard InChI is InChI=1S/C11H13BrN4O/c1-7-4-3-5-8(10(7)12)14-11-16-15-9(17-11)6-13-2/h3-5,13H,6H2,1-2H3,(H,14,16). The Morgan fingerprint density at radius 2 is 2.18 bits per heavy atom. The maximum absolute atomic E-state index is 5.41. The lowest BCUT2D eigenvalue weighted by Crippen LogP contribution is -2.04. The van der Waals surface area contributed by atoms with Crippen LogP contribution in [0.25, 0.3) is 0 Å². The summed E-state index contributed by atoms with van der Waals surface area (Å²) in [7, 11) is 1.83. The molecule has 2 rings (SSSR count). The molecule has 6 heteroatoms. The van der Waals surface area contributed by atoms with Crippen molar-refractivity contribution in [2.45, 2.75) is 13.5 Å². The first-order chi connectivity index (χ1) is 8.20. The second kappa shape index (κ2) is 5.29. The van der Waals surface area contributed by atoms with Crippen molar-refractivity contribution in [1.29, 1.82) is 0 Å². The Morgan fingerprint density at radius 1 is 1.35 bits per heavy atom. The van der Waals surface area contributed by atoms with Crippen molar-refractivity contribution in [1.82, 2.24) is 15.5 Å². The van der Waals surface area contributed by atoms with Gasteiger partial charge in [0.15, 0.2) is 0 Å². The highest BCUT2D eigenvalue weighted by atomic mass is 79.9. The van der Waals surface area contributed by atoms with Gasteiger partial charge in [-0.05, 0) is 41.5 Å². The molecule has 2 N–H and O–H groups in total. The average Bonchev–Trinajstić information content (AvgIpc) is 2.73. The Labute approximate surface area is 108 Å². The molecule has 17 heavy (non-hydrogen) atoms. The van der Waals surface area contributed by atoms with Gasteiger partial charge in [-0.15, -0.1) is 5.10 Å². The number of halogens is 1. The van der Waals surface area contributed by atoms with Gasteiger partial charge in [0.2, 0.25) is 5.89 Å². The molecule has 0 saturated carbocycles. The summed E-state index contributed by atoms with van der Waals surface area (Å²) in [5.74, 6) is 0.554. The third-order valence-electron chi connectivity index (χ3n) is 2.23. The Morgan fingerprint density at radius 3 is 2.94 bits per heavy atom. The number of aromatic nitrogens is 2. The van der Waals surface area contributed by atoms with Gasteiger partial charge >= 0.3 is 6.01 Å². The van der Waals surface area contributed by atoms with Gasteiger partial charge in [-0.3, -0.25) is 0 Å². The highest BCUT2D eigenvalue weighted by Gasteiger charge is 2.08. The normalized spacial score (nSPS) is 10.5. The number of benzene rings is 1. The molecule has 1 heterocycles. The quantitative estimate of drug-likeness (QED) is 0.908. The summed E-state index contributed by atoms with van der Waals surface area (Å²) in [6.07, 6.45) is 0. The lowest BCUT2D eigenvalue weighted by atomic mass is 10.2. The Bertz CT molecular complexity index is 512. The Balaban J connectivity index is 2.16. The summed E-state index contributed by atoms with van der Waals surface area (Å²) < 4.78 is 6.40. The van der Waals surface area contributed by atoms with Crippen LogP contribution in [0.3, 0.4) is 0 Å². The van der Waals surface area contributed by atoms with E-state index in [1.54, 1.807) is 0 Å². The van der Waals surface area contributed by atoms with Gasteiger partial charge < -0.3 is 15.1 Å². The minimum atomic E-state index is 0.390. The summed E-state index contributed by atoms with van der Waals surface area (Å²) in [6.45, 7) is 2.58. The second-order valence-corrected chi connectivity index (χ2v) is 4.39. The van der Waals surface area contributed by atoms with Gasteiger partial charge in [0.25, 0.3) is 0 Å². The molecule has 0 aliphatic carbocycles. The number of nitrogens with zero attached hydrogens (tertiary/aromatic N) is 2. The molecule has 0 amide bonds. The molecule has 0 unspecified atom stereocenters. The Kier molecular flexibility index (Phi) is 3.75. The largest absolute Gasteiger partial charge is 0.406 e. The first-order valence-corrected chi connectivity index (χ1v) is 5.99. The highest BCUT2D eigenvalue weighted by molar-refractivity contribution is 9.10. The van der Waals surface area contributed by atoms with Crippen LogP contribution < -0.4 is 10.6 Å². The first kappa shape index (κ1) is 12.1. The molecular weight excluding hydrogens is 284 g/mol. The van der Waals surface area contributed by atoms with E-state index in [4.69, 9.17) is 4.42 Å². The molecule has 2 aromatic rings. The van der Waals surface area contributed by atoms with Crippen molar-refractivity contribution in [2.75, 3.05) is 12.4 Å². The molecule has 0 fully saturated rings. The minimum Gasteiger partial charge on any atom is -0.406 e. The van der Waals surface area contributed by atoms with Crippen LogP contribution >= 0.6 is 15.9 Å². The zero-order valence-corrected chi connectivity index (χ0v) is 11.2. The van der Waals surface area contributed by atoms with E-state index < -0.39 is 0 Å². The predicted octanol–water partition coefficient (Wildman–Crippen LogP) is 2.60. The maximum Gasteiger partial charge on any atom is 0.320 e. The molecule has 1 aromatic carbocycles. The van der Waals surface area contributed by atoms with E-state index >= 15 is 0 Å². The van der Waals surface area contributed by atoms with Gasteiger partial charge in [-0.25, -0.2) is 0 Å². The van der Waals surface area contributed by atoms with E-state index in [0.717, 1.165) is 15.7 Å². The van der Waals surface area contributed by atoms with Crippen LogP contribution in [0.5, 0.6) is 0 Å². The van der Waals surface area contributed by atoms with Crippen LogP contribution in [-0.2, 0) is 6.54 Å². The number of nitrogens with one attached hydrogen (secondary N) is 2. The fourth-order valence-corrected chi connectivity index (χ4v) is 1.75. The van der Waals surface area contributed by atoms with Crippen molar-refractivity contribution in [3.63, 3.8) is 0 Å². The first-order valence-electron chi connectivity index (χ1n) is 5.20. The van der Waals surface area contributed by atoms with Crippen molar-refractivity contribution < 1.29 is 4.42 Å². The van der Waals surface area contributed by atoms with Gasteiger partial charge in [0.1, 0.15) is 0 Å². The third kappa shape index (κ3) is 2.83. The number of anilines is 2. The number of aryl methyl sites for hydroxylation is 1. The molecule has 0 saturated heterocycles. The van der Waals surface area contributed by atoms with E-state index in [1.165, 1.54) is 0 Å². The molecule has 0 spiro atoms. The lowest BCUT2D eigenvalue weighted by molar-refractivity contribution is 0.493. The van der Waals surface area contributed by atoms with Crippen LogP contribution in [0.2, 0.25) is 0 Å². The number of hydrogen-bond acceptors (Lipinski definition) is 5. The van der Waals surface area contributed by atoms with Crippen LogP contribution in [0.1, 0.15) is 11.5 Å². The molecule has 0 radical (unpaired) electrons. The third-order valence-corrected chi connectivity index (χ3v) is 3.28. The average molecular weight is 297 g/mol. The number of hydrogen-bond donors (Lipinski definition) is 2. The highest BCUT2D eigenvalue weighted by Crippen LogP contribution is 2.28. The lowest BCUT2D eigenvalue weighted by Gasteiger charge is -2.06. The zero-order valence-electron chi connectivity index (χ0n) is 9.62. The topological polar surface area (TPSA) is 63.0 Å². The fourth-order valence-electron chi connectivity index (χ4n) is 1.39. The Hall–Kier alpha value is -1.40. The van der Waals surface area contributed by atoms with E-state index in [-0.39, 0.29) is 0 Å². The monoisotopic (exact) mass is 296 g/mol. The molecule has 0 bridgehead atoms. The smallest absolute Gasteiger partial charge is 0.320 e. The molecule has 90 valence electrons. The van der Waals surface area contributed by atoms with Crippen LogP contribution in [0, 0.1) is 6.92 Å². The van der Waals surface area contributed by atoms with E-state index in [2.05, 4.69) is 36.8 Å². The summed E-state index contributed by atoms with van der Waals surface area (Å²) >= 11 is 3.51. The summed E-state index contributed by atoms with van der Waals surface area (Å²) in [4.78, 5) is 0. The molecule has 5 nitrogen and oxygen atoms in total. The van der Waals surface area contributed by atoms with Crippen LogP contribution in [0.15, 0.2) is 27.1 Å². The minimum absolute atomic E-state index is 0.390. The molecule has 0 atom stereocenters. The maximum atomic E-state index is 5.41. The molecule has 1 aromatic heterocycles. The van der Waals surface area contributed by atoms with Crippen LogP contribution in [-0.4, -0.2) is 17.2 Å². The summed E-state index contributed by atoms with van der Waals surface area (Å²) in [6, 6.07) is 6.32. The van der Waals surface area contributed by atoms with Gasteiger partial charge in [-0.2, -0.15) is 0 Å². The SMILES string of the molecule is CNCc1nnc(Nc2cccc(C)c2Br)o1. The summed E-state index contributed by atoms with van der Waals surface area (Å²) in [5, 5.41) is 13.8. The van der Waals surface area contributed by atoms with Crippen molar-refractivity contribution in [2.24, 2.45) is 0 Å². The van der Waals surface area contributed by atoms with Gasteiger partial charge in [0.05, 0.1) is 12.2 Å². The van der Waals surface area contributed by atoms with Gasteiger partial charge in [-0.1, -0.05) is 17.2 Å². The number of rotatable bonds is 4. The second-order valence-electron chi connectivity index (χ2n) is 3.59.